The molecule has 0 aliphatic heterocycles. The van der Waals surface area contributed by atoms with Crippen LogP contribution in [0.15, 0.2) is 24.3 Å². The molecule has 27 heavy (non-hydrogen) atoms. The van der Waals surface area contributed by atoms with Gasteiger partial charge in [0.1, 0.15) is 29.9 Å². The number of alkyl halides is 1. The molecule has 1 nitrogen and oxygen atoms in total. The molecule has 0 spiro atoms. The second-order valence-corrected chi connectivity index (χ2v) is 8.23. The Balaban J connectivity index is 1.50. The van der Waals surface area contributed by atoms with Crippen molar-refractivity contribution in [1.29, 1.82) is 5.26 Å². The molecule has 0 saturated heterocycles. The zero-order chi connectivity index (χ0) is 19.2. The van der Waals surface area contributed by atoms with Crippen LogP contribution in [-0.2, 0) is 0 Å². The van der Waals surface area contributed by atoms with Gasteiger partial charge in [0.15, 0.2) is 0 Å². The lowest BCUT2D eigenvalue weighted by molar-refractivity contribution is 0.160. The van der Waals surface area contributed by atoms with Gasteiger partial charge in [0.05, 0.1) is 0 Å². The highest BCUT2D eigenvalue weighted by Gasteiger charge is 2.31. The first kappa shape index (κ1) is 20.0. The van der Waals surface area contributed by atoms with E-state index in [1.165, 1.54) is 37.8 Å². The summed E-state index contributed by atoms with van der Waals surface area (Å²) in [7, 11) is 0. The van der Waals surface area contributed by atoms with Gasteiger partial charge in [-0.15, -0.1) is 0 Å². The van der Waals surface area contributed by atoms with E-state index >= 15 is 0 Å². The minimum atomic E-state index is -0.741. The highest BCUT2D eigenvalue weighted by Crippen LogP contribution is 2.44. The van der Waals surface area contributed by atoms with E-state index < -0.39 is 17.2 Å². The van der Waals surface area contributed by atoms with Crippen molar-refractivity contribution in [2.75, 3.05) is 6.67 Å². The van der Waals surface area contributed by atoms with Gasteiger partial charge in [-0.3, -0.25) is 0 Å². The predicted molar refractivity (Wildman–Crippen MR) is 101 cm³/mol. The Morgan fingerprint density at radius 1 is 0.889 bits per heavy atom. The average Bonchev–Trinajstić information content (AvgIpc) is 2.69. The van der Waals surface area contributed by atoms with Gasteiger partial charge in [0, 0.05) is 0 Å². The molecule has 0 amide bonds. The van der Waals surface area contributed by atoms with E-state index in [0.29, 0.717) is 11.5 Å². The number of allylic oxidation sites excluding steroid dienone is 2. The molecule has 2 saturated carbocycles. The minimum Gasteiger partial charge on any atom is -0.247 e. The summed E-state index contributed by atoms with van der Waals surface area (Å²) >= 11 is 0. The molecule has 4 heteroatoms. The van der Waals surface area contributed by atoms with Crippen LogP contribution in [0, 0.1) is 40.7 Å². The summed E-state index contributed by atoms with van der Waals surface area (Å²) in [6.45, 7) is -0.369. The molecule has 0 unspecified atom stereocenters. The molecule has 1 aromatic carbocycles. The van der Waals surface area contributed by atoms with Crippen LogP contribution in [0.25, 0.3) is 0 Å². The number of benzene rings is 1. The lowest BCUT2D eigenvalue weighted by Crippen LogP contribution is -2.25. The van der Waals surface area contributed by atoms with E-state index in [0.717, 1.165) is 43.9 Å². The van der Waals surface area contributed by atoms with Crippen LogP contribution in [0.3, 0.4) is 0 Å². The summed E-state index contributed by atoms with van der Waals surface area (Å²) in [6.07, 6.45) is 13.7. The van der Waals surface area contributed by atoms with Crippen LogP contribution in [0.1, 0.15) is 74.8 Å². The van der Waals surface area contributed by atoms with Crippen molar-refractivity contribution in [2.24, 2.45) is 17.8 Å². The topological polar surface area (TPSA) is 23.8 Å². The molecule has 3 rings (SSSR count). The molecule has 1 aromatic rings. The molecule has 0 N–H and O–H groups in total. The molecule has 2 aliphatic rings. The van der Waals surface area contributed by atoms with E-state index in [2.05, 4.69) is 0 Å². The first-order chi connectivity index (χ1) is 13.1. The quantitative estimate of drug-likeness (QED) is 0.517. The number of rotatable bonds is 5. The summed E-state index contributed by atoms with van der Waals surface area (Å²) in [5.74, 6) is 0.896. The van der Waals surface area contributed by atoms with E-state index in [9.17, 15) is 13.2 Å². The molecule has 0 atom stereocenters. The van der Waals surface area contributed by atoms with Gasteiger partial charge in [0.2, 0.25) is 0 Å². The Morgan fingerprint density at radius 2 is 1.44 bits per heavy atom. The lowest BCUT2D eigenvalue weighted by Gasteiger charge is -2.38. The van der Waals surface area contributed by atoms with Crippen molar-refractivity contribution in [2.45, 2.75) is 63.7 Å². The van der Waals surface area contributed by atoms with Gasteiger partial charge in [-0.05, 0) is 99.2 Å². The van der Waals surface area contributed by atoms with Crippen molar-refractivity contribution >= 4 is 0 Å². The van der Waals surface area contributed by atoms with E-state index in [1.807, 2.05) is 6.08 Å². The summed E-state index contributed by atoms with van der Waals surface area (Å²) in [6, 6.07) is 4.29. The molecule has 2 aliphatic carbocycles. The third-order valence-corrected chi connectivity index (χ3v) is 6.70. The zero-order valence-electron chi connectivity index (χ0n) is 15.8. The van der Waals surface area contributed by atoms with Crippen molar-refractivity contribution in [3.8, 4) is 6.07 Å². The van der Waals surface area contributed by atoms with Gasteiger partial charge in [-0.1, -0.05) is 12.2 Å². The molecular weight excluding hydrogens is 347 g/mol. The Hall–Kier alpha value is -1.76. The Kier molecular flexibility index (Phi) is 6.99. The molecule has 2 fully saturated rings. The molecular formula is C23H28F3N. The Morgan fingerprint density at radius 3 is 1.96 bits per heavy atom. The second kappa shape index (κ2) is 9.44. The number of nitriles is 1. The average molecular weight is 375 g/mol. The largest absolute Gasteiger partial charge is 0.247 e. The molecule has 146 valence electrons. The fourth-order valence-electron chi connectivity index (χ4n) is 5.11. The number of halogens is 3. The standard InChI is InChI=1S/C23H28F3N/c24-12-2-1-3-16-4-6-17(7-5-16)18-8-10-19(11-9-18)20-13-22(25)21(15-27)23(26)14-20/h1-2,13-14,16-19H,3-12H2/b2-1+. The van der Waals surface area contributed by atoms with E-state index in [4.69, 9.17) is 5.26 Å². The van der Waals surface area contributed by atoms with Crippen LogP contribution in [0.2, 0.25) is 0 Å². The zero-order valence-corrected chi connectivity index (χ0v) is 15.8. The van der Waals surface area contributed by atoms with E-state index in [-0.39, 0.29) is 12.6 Å². The fourth-order valence-corrected chi connectivity index (χ4v) is 5.11. The molecule has 0 aromatic heterocycles. The van der Waals surface area contributed by atoms with Crippen molar-refractivity contribution in [3.63, 3.8) is 0 Å². The first-order valence-electron chi connectivity index (χ1n) is 10.2. The van der Waals surface area contributed by atoms with Crippen LogP contribution in [0.4, 0.5) is 13.2 Å². The van der Waals surface area contributed by atoms with Gasteiger partial charge in [-0.2, -0.15) is 5.26 Å². The summed E-state index contributed by atoms with van der Waals surface area (Å²) in [4.78, 5) is 0. The number of hydrogen-bond acceptors (Lipinski definition) is 1. The van der Waals surface area contributed by atoms with Crippen molar-refractivity contribution in [1.82, 2.24) is 0 Å². The van der Waals surface area contributed by atoms with Gasteiger partial charge in [0.25, 0.3) is 0 Å². The maximum absolute atomic E-state index is 13.9. The minimum absolute atomic E-state index is 0.195. The Labute approximate surface area is 160 Å². The smallest absolute Gasteiger partial charge is 0.144 e. The molecule has 0 radical (unpaired) electrons. The van der Waals surface area contributed by atoms with Crippen molar-refractivity contribution in [3.05, 3.63) is 47.0 Å². The van der Waals surface area contributed by atoms with Crippen LogP contribution >= 0.6 is 0 Å². The summed E-state index contributed by atoms with van der Waals surface area (Å²) < 4.78 is 39.9. The van der Waals surface area contributed by atoms with Gasteiger partial charge < -0.3 is 0 Å². The van der Waals surface area contributed by atoms with E-state index in [1.54, 1.807) is 12.1 Å². The predicted octanol–water partition coefficient (Wildman–Crippen LogP) is 6.83. The maximum Gasteiger partial charge on any atom is 0.144 e. The molecule has 0 heterocycles. The van der Waals surface area contributed by atoms with Gasteiger partial charge >= 0.3 is 0 Å². The molecule has 0 bridgehead atoms. The summed E-state index contributed by atoms with van der Waals surface area (Å²) in [5, 5.41) is 8.81. The van der Waals surface area contributed by atoms with Crippen LogP contribution in [-0.4, -0.2) is 6.67 Å². The lowest BCUT2D eigenvalue weighted by atomic mass is 9.68. The van der Waals surface area contributed by atoms with Crippen molar-refractivity contribution < 1.29 is 13.2 Å². The number of hydrogen-bond donors (Lipinski definition) is 0. The monoisotopic (exact) mass is 375 g/mol. The highest BCUT2D eigenvalue weighted by molar-refractivity contribution is 5.36. The van der Waals surface area contributed by atoms with Crippen LogP contribution in [0.5, 0.6) is 0 Å². The van der Waals surface area contributed by atoms with Crippen LogP contribution < -0.4 is 0 Å². The first-order valence-corrected chi connectivity index (χ1v) is 10.2. The normalized spacial score (nSPS) is 29.0. The third kappa shape index (κ3) is 4.94. The fraction of sp³-hybridized carbons (Fsp3) is 0.609. The second-order valence-electron chi connectivity index (χ2n) is 8.23. The maximum atomic E-state index is 13.9. The Bertz CT molecular complexity index is 667. The number of nitrogens with zero attached hydrogens (tertiary/aromatic N) is 1. The SMILES string of the molecule is N#Cc1c(F)cc(C2CCC(C3CCC(C/C=C/CF)CC3)CC2)cc1F. The summed E-state index contributed by atoms with van der Waals surface area (Å²) in [5.41, 5.74) is 0.219. The highest BCUT2D eigenvalue weighted by atomic mass is 19.1. The third-order valence-electron chi connectivity index (χ3n) is 6.70. The van der Waals surface area contributed by atoms with Gasteiger partial charge in [-0.25, -0.2) is 13.2 Å².